The summed E-state index contributed by atoms with van der Waals surface area (Å²) in [6.45, 7) is 9.85. The fraction of sp³-hybridized carbons (Fsp3) is 0.900. The molecule has 0 radical (unpaired) electrons. The maximum Gasteiger partial charge on any atom is 0.307 e. The van der Waals surface area contributed by atoms with Crippen LogP contribution in [0.4, 0.5) is 0 Å². The highest BCUT2D eigenvalue weighted by atomic mass is 16.6. The lowest BCUT2D eigenvalue weighted by Crippen LogP contribution is -2.36. The molecule has 0 spiro atoms. The first-order valence-corrected chi connectivity index (χ1v) is 5.09. The van der Waals surface area contributed by atoms with Crippen molar-refractivity contribution in [2.45, 2.75) is 46.8 Å². The summed E-state index contributed by atoms with van der Waals surface area (Å²) in [5, 5.41) is 0. The molecule has 3 heteroatoms. The monoisotopic (exact) mass is 187 g/mol. The maximum atomic E-state index is 11.1. The van der Waals surface area contributed by atoms with Gasteiger partial charge in [0.05, 0.1) is 0 Å². The van der Waals surface area contributed by atoms with Gasteiger partial charge >= 0.3 is 5.97 Å². The topological polar surface area (TPSA) is 29.5 Å². The Bertz CT molecular complexity index is 144. The molecular formula is C10H21NO2. The Balaban J connectivity index is 3.82. The van der Waals surface area contributed by atoms with Crippen LogP contribution in [0, 0.1) is 0 Å². The molecule has 0 N–H and O–H groups in total. The normalized spacial score (nSPS) is 13.0. The van der Waals surface area contributed by atoms with E-state index in [2.05, 4.69) is 18.7 Å². The molecule has 0 aliphatic rings. The molecule has 0 heterocycles. The summed E-state index contributed by atoms with van der Waals surface area (Å²) >= 11 is 0. The zero-order valence-electron chi connectivity index (χ0n) is 9.17. The lowest BCUT2D eigenvalue weighted by Gasteiger charge is -2.25. The molecule has 0 aromatic carbocycles. The summed E-state index contributed by atoms with van der Waals surface area (Å²) in [4.78, 5) is 13.2. The molecule has 0 amide bonds. The van der Waals surface area contributed by atoms with Gasteiger partial charge in [-0.3, -0.25) is 9.69 Å². The average Bonchev–Trinajstić information content (AvgIpc) is 2.06. The summed E-state index contributed by atoms with van der Waals surface area (Å²) < 4.78 is 5.22. The van der Waals surface area contributed by atoms with E-state index in [1.54, 1.807) is 0 Å². The molecule has 0 saturated heterocycles. The van der Waals surface area contributed by atoms with E-state index in [1.165, 1.54) is 0 Å². The highest BCUT2D eigenvalue weighted by Crippen LogP contribution is 2.02. The molecule has 0 aromatic rings. The van der Waals surface area contributed by atoms with Gasteiger partial charge in [-0.1, -0.05) is 20.8 Å². The van der Waals surface area contributed by atoms with Crippen molar-refractivity contribution in [3.8, 4) is 0 Å². The van der Waals surface area contributed by atoms with E-state index in [0.29, 0.717) is 6.42 Å². The zero-order valence-corrected chi connectivity index (χ0v) is 9.17. The van der Waals surface area contributed by atoms with E-state index in [1.807, 2.05) is 13.8 Å². The van der Waals surface area contributed by atoms with Crippen LogP contribution in [-0.4, -0.2) is 30.2 Å². The second-order valence-electron chi connectivity index (χ2n) is 3.06. The summed E-state index contributed by atoms with van der Waals surface area (Å²) in [5.74, 6) is -0.0955. The van der Waals surface area contributed by atoms with Crippen LogP contribution >= 0.6 is 0 Å². The number of hydrogen-bond acceptors (Lipinski definition) is 3. The van der Waals surface area contributed by atoms with Crippen molar-refractivity contribution in [3.63, 3.8) is 0 Å². The van der Waals surface area contributed by atoms with Gasteiger partial charge in [0, 0.05) is 6.42 Å². The fourth-order valence-corrected chi connectivity index (χ4v) is 1.27. The van der Waals surface area contributed by atoms with Crippen molar-refractivity contribution in [2.24, 2.45) is 0 Å². The smallest absolute Gasteiger partial charge is 0.307 e. The molecule has 0 saturated carbocycles. The Morgan fingerprint density at radius 2 is 1.85 bits per heavy atom. The van der Waals surface area contributed by atoms with Gasteiger partial charge in [0.1, 0.15) is 0 Å². The molecule has 3 nitrogen and oxygen atoms in total. The van der Waals surface area contributed by atoms with Crippen molar-refractivity contribution < 1.29 is 9.53 Å². The van der Waals surface area contributed by atoms with Crippen LogP contribution in [-0.2, 0) is 9.53 Å². The van der Waals surface area contributed by atoms with Crippen molar-refractivity contribution in [1.82, 2.24) is 4.90 Å². The Morgan fingerprint density at radius 1 is 1.31 bits per heavy atom. The minimum Gasteiger partial charge on any atom is -0.447 e. The van der Waals surface area contributed by atoms with Gasteiger partial charge in [-0.2, -0.15) is 0 Å². The second kappa shape index (κ2) is 6.89. The quantitative estimate of drug-likeness (QED) is 0.470. The number of nitrogens with zero attached hydrogens (tertiary/aromatic N) is 1. The first-order chi connectivity index (χ1) is 6.15. The molecule has 13 heavy (non-hydrogen) atoms. The van der Waals surface area contributed by atoms with Crippen LogP contribution in [0.25, 0.3) is 0 Å². The molecule has 0 aliphatic carbocycles. The van der Waals surface area contributed by atoms with Crippen LogP contribution in [0.2, 0.25) is 0 Å². The van der Waals surface area contributed by atoms with Crippen LogP contribution in [0.5, 0.6) is 0 Å². The van der Waals surface area contributed by atoms with Crippen LogP contribution < -0.4 is 0 Å². The van der Waals surface area contributed by atoms with Crippen molar-refractivity contribution >= 4 is 5.97 Å². The number of hydrogen-bond donors (Lipinski definition) is 0. The van der Waals surface area contributed by atoms with Crippen molar-refractivity contribution in [3.05, 3.63) is 0 Å². The molecule has 0 rings (SSSR count). The third-order valence-corrected chi connectivity index (χ3v) is 2.08. The van der Waals surface area contributed by atoms with Crippen LogP contribution in [0.15, 0.2) is 0 Å². The molecule has 0 aromatic heterocycles. The summed E-state index contributed by atoms with van der Waals surface area (Å²) in [7, 11) is 0. The Kier molecular flexibility index (Phi) is 6.59. The number of carbonyl (C=O) groups is 1. The minimum atomic E-state index is -0.0955. The number of ether oxygens (including phenoxy) is 1. The van der Waals surface area contributed by atoms with Gasteiger partial charge in [0.2, 0.25) is 0 Å². The largest absolute Gasteiger partial charge is 0.447 e. The molecular weight excluding hydrogens is 166 g/mol. The van der Waals surface area contributed by atoms with Crippen LogP contribution in [0.1, 0.15) is 40.5 Å². The van der Waals surface area contributed by atoms with Gasteiger partial charge in [0.15, 0.2) is 6.23 Å². The van der Waals surface area contributed by atoms with E-state index < -0.39 is 0 Å². The summed E-state index contributed by atoms with van der Waals surface area (Å²) in [6.07, 6.45) is 1.28. The number of rotatable bonds is 6. The van der Waals surface area contributed by atoms with Crippen molar-refractivity contribution in [1.29, 1.82) is 0 Å². The van der Waals surface area contributed by atoms with Crippen LogP contribution in [0.3, 0.4) is 0 Å². The average molecular weight is 187 g/mol. The fourth-order valence-electron chi connectivity index (χ4n) is 1.27. The molecule has 1 atom stereocenters. The van der Waals surface area contributed by atoms with Gasteiger partial charge in [-0.05, 0) is 26.4 Å². The summed E-state index contributed by atoms with van der Waals surface area (Å²) in [6, 6.07) is 0. The summed E-state index contributed by atoms with van der Waals surface area (Å²) in [5.41, 5.74) is 0. The second-order valence-corrected chi connectivity index (χ2v) is 3.06. The maximum absolute atomic E-state index is 11.1. The number of esters is 1. The SMILES string of the molecule is CCCC(=O)OC(C)N(CC)CC. The third kappa shape index (κ3) is 4.88. The molecule has 0 aliphatic heterocycles. The lowest BCUT2D eigenvalue weighted by atomic mass is 10.3. The minimum absolute atomic E-state index is 0.0888. The first kappa shape index (κ1) is 12.4. The first-order valence-electron chi connectivity index (χ1n) is 5.09. The van der Waals surface area contributed by atoms with Gasteiger partial charge in [0.25, 0.3) is 0 Å². The molecule has 0 bridgehead atoms. The Hall–Kier alpha value is -0.570. The van der Waals surface area contributed by atoms with E-state index in [0.717, 1.165) is 19.5 Å². The van der Waals surface area contributed by atoms with Gasteiger partial charge in [-0.25, -0.2) is 0 Å². The molecule has 78 valence electrons. The molecule has 0 fully saturated rings. The van der Waals surface area contributed by atoms with Gasteiger partial charge < -0.3 is 4.74 Å². The van der Waals surface area contributed by atoms with E-state index >= 15 is 0 Å². The standard InChI is InChI=1S/C10H21NO2/c1-5-8-10(12)13-9(4)11(6-2)7-3/h9H,5-8H2,1-4H3. The highest BCUT2D eigenvalue weighted by Gasteiger charge is 2.13. The third-order valence-electron chi connectivity index (χ3n) is 2.08. The molecule has 1 unspecified atom stereocenters. The zero-order chi connectivity index (χ0) is 10.3. The predicted octanol–water partition coefficient (Wildman–Crippen LogP) is 2.02. The highest BCUT2D eigenvalue weighted by molar-refractivity contribution is 5.69. The van der Waals surface area contributed by atoms with Gasteiger partial charge in [-0.15, -0.1) is 0 Å². The predicted molar refractivity (Wildman–Crippen MR) is 53.4 cm³/mol. The van der Waals surface area contributed by atoms with E-state index in [-0.39, 0.29) is 12.2 Å². The van der Waals surface area contributed by atoms with E-state index in [9.17, 15) is 4.79 Å². The number of carbonyl (C=O) groups excluding carboxylic acids is 1. The van der Waals surface area contributed by atoms with Crippen molar-refractivity contribution in [2.75, 3.05) is 13.1 Å². The Labute approximate surface area is 81.1 Å². The Morgan fingerprint density at radius 3 is 2.23 bits per heavy atom. The lowest BCUT2D eigenvalue weighted by molar-refractivity contribution is -0.157. The van der Waals surface area contributed by atoms with E-state index in [4.69, 9.17) is 4.74 Å².